The largest absolute Gasteiger partial charge is 0.488 e. The van der Waals surface area contributed by atoms with Crippen molar-refractivity contribution in [2.75, 3.05) is 7.11 Å². The van der Waals surface area contributed by atoms with Crippen molar-refractivity contribution in [3.63, 3.8) is 0 Å². The summed E-state index contributed by atoms with van der Waals surface area (Å²) < 4.78 is 15.7. The molecule has 0 saturated carbocycles. The van der Waals surface area contributed by atoms with E-state index in [0.29, 0.717) is 5.02 Å². The Morgan fingerprint density at radius 3 is 2.61 bits per heavy atom. The van der Waals surface area contributed by atoms with Gasteiger partial charge in [-0.3, -0.25) is 19.8 Å². The summed E-state index contributed by atoms with van der Waals surface area (Å²) in [4.78, 5) is 48.5. The van der Waals surface area contributed by atoms with Crippen molar-refractivity contribution in [1.29, 1.82) is 0 Å². The zero-order valence-corrected chi connectivity index (χ0v) is 19.5. The normalized spacial score (nSPS) is 14.2. The molecule has 0 radical (unpaired) electrons. The highest BCUT2D eigenvalue weighted by Crippen LogP contribution is 2.29. The van der Waals surface area contributed by atoms with Gasteiger partial charge in [-0.15, -0.1) is 0 Å². The molecule has 2 heterocycles. The molecule has 4 rings (SSSR count). The van der Waals surface area contributed by atoms with Gasteiger partial charge in [0.15, 0.2) is 0 Å². The van der Waals surface area contributed by atoms with Crippen LogP contribution in [0.3, 0.4) is 0 Å². The van der Waals surface area contributed by atoms with E-state index in [4.69, 9.17) is 20.8 Å². The number of esters is 1. The third-order valence-corrected chi connectivity index (χ3v) is 5.39. The van der Waals surface area contributed by atoms with Gasteiger partial charge in [0.25, 0.3) is 11.6 Å². The van der Waals surface area contributed by atoms with E-state index in [1.54, 1.807) is 24.3 Å². The minimum Gasteiger partial charge on any atom is -0.488 e. The van der Waals surface area contributed by atoms with Crippen molar-refractivity contribution in [2.24, 2.45) is 0 Å². The summed E-state index contributed by atoms with van der Waals surface area (Å²) in [5.74, 6) is -1.02. The maximum atomic E-state index is 12.9. The first-order chi connectivity index (χ1) is 17.2. The summed E-state index contributed by atoms with van der Waals surface area (Å²) >= 11 is 5.90. The maximum absolute atomic E-state index is 12.9. The molecule has 1 fully saturated rings. The highest BCUT2D eigenvalue weighted by atomic mass is 35.5. The average molecular weight is 512 g/mol. The number of non-ortho nitro benzene ring substituents is 1. The first-order valence-corrected chi connectivity index (χ1v) is 10.8. The summed E-state index contributed by atoms with van der Waals surface area (Å²) in [6, 6.07) is 12.9. The lowest BCUT2D eigenvalue weighted by atomic mass is 10.1. The molecule has 1 N–H and O–H groups in total. The van der Waals surface area contributed by atoms with Crippen LogP contribution in [-0.4, -0.2) is 34.8 Å². The summed E-state index contributed by atoms with van der Waals surface area (Å²) in [5.41, 5.74) is 0.684. The van der Waals surface area contributed by atoms with Crippen LogP contribution in [0.2, 0.25) is 5.02 Å². The van der Waals surface area contributed by atoms with Gasteiger partial charge in [0.1, 0.15) is 23.8 Å². The molecule has 1 aliphatic heterocycles. The van der Waals surface area contributed by atoms with Gasteiger partial charge in [0.2, 0.25) is 5.76 Å². The molecule has 1 aromatic heterocycles. The van der Waals surface area contributed by atoms with Gasteiger partial charge in [-0.25, -0.2) is 9.59 Å². The van der Waals surface area contributed by atoms with E-state index in [9.17, 15) is 24.5 Å². The van der Waals surface area contributed by atoms with Gasteiger partial charge in [-0.1, -0.05) is 23.7 Å². The van der Waals surface area contributed by atoms with E-state index >= 15 is 0 Å². The average Bonchev–Trinajstić information content (AvgIpc) is 3.44. The van der Waals surface area contributed by atoms with Crippen molar-refractivity contribution >= 4 is 41.3 Å². The molecule has 0 aliphatic carbocycles. The Morgan fingerprint density at radius 2 is 1.92 bits per heavy atom. The van der Waals surface area contributed by atoms with E-state index in [0.717, 1.165) is 10.5 Å². The lowest BCUT2D eigenvalue weighted by molar-refractivity contribution is -0.384. The predicted molar refractivity (Wildman–Crippen MR) is 126 cm³/mol. The molecule has 1 saturated heterocycles. The van der Waals surface area contributed by atoms with Gasteiger partial charge in [0, 0.05) is 22.7 Å². The van der Waals surface area contributed by atoms with Crippen molar-refractivity contribution in [2.45, 2.75) is 13.2 Å². The van der Waals surface area contributed by atoms with Crippen molar-refractivity contribution in [3.8, 4) is 5.75 Å². The smallest absolute Gasteiger partial charge is 0.373 e. The Kier molecular flexibility index (Phi) is 7.02. The molecule has 3 amide bonds. The predicted octanol–water partition coefficient (Wildman–Crippen LogP) is 4.30. The van der Waals surface area contributed by atoms with Crippen LogP contribution >= 0.6 is 11.6 Å². The van der Waals surface area contributed by atoms with Crippen LogP contribution in [0.5, 0.6) is 5.75 Å². The van der Waals surface area contributed by atoms with Crippen LogP contribution in [0.1, 0.15) is 27.4 Å². The number of nitrogens with zero attached hydrogens (tertiary/aromatic N) is 2. The van der Waals surface area contributed by atoms with Gasteiger partial charge < -0.3 is 19.2 Å². The third kappa shape index (κ3) is 5.36. The molecule has 1 aliphatic rings. The zero-order chi connectivity index (χ0) is 25.8. The van der Waals surface area contributed by atoms with Crippen LogP contribution < -0.4 is 10.1 Å². The fourth-order valence-electron chi connectivity index (χ4n) is 3.34. The fraction of sp³-hybridized carbons (Fsp3) is 0.125. The number of urea groups is 1. The summed E-state index contributed by atoms with van der Waals surface area (Å²) in [5, 5.41) is 14.3. The van der Waals surface area contributed by atoms with E-state index in [-0.39, 0.29) is 47.4 Å². The molecule has 12 heteroatoms. The number of imide groups is 1. The van der Waals surface area contributed by atoms with Crippen LogP contribution in [0.25, 0.3) is 6.08 Å². The Morgan fingerprint density at radius 1 is 1.17 bits per heavy atom. The monoisotopic (exact) mass is 511 g/mol. The second-order valence-electron chi connectivity index (χ2n) is 7.53. The molecule has 184 valence electrons. The number of carbonyl (C=O) groups excluding carboxylic acids is 3. The van der Waals surface area contributed by atoms with Crippen molar-refractivity contribution < 1.29 is 33.2 Å². The number of carbonyl (C=O) groups is 3. The summed E-state index contributed by atoms with van der Waals surface area (Å²) in [7, 11) is 1.19. The molecule has 36 heavy (non-hydrogen) atoms. The fourth-order valence-corrected chi connectivity index (χ4v) is 3.46. The second kappa shape index (κ2) is 10.3. The van der Waals surface area contributed by atoms with E-state index in [1.807, 2.05) is 0 Å². The Bertz CT molecular complexity index is 1380. The number of ether oxygens (including phenoxy) is 2. The first-order valence-electron chi connectivity index (χ1n) is 10.4. The molecule has 0 unspecified atom stereocenters. The number of amides is 3. The number of hydrogen-bond donors (Lipinski definition) is 1. The molecule has 0 spiro atoms. The number of rotatable bonds is 8. The second-order valence-corrected chi connectivity index (χ2v) is 7.97. The number of hydrogen-bond acceptors (Lipinski definition) is 8. The molecular formula is C24H18ClN3O8. The number of nitro groups is 1. The van der Waals surface area contributed by atoms with Crippen LogP contribution in [0.4, 0.5) is 10.5 Å². The van der Waals surface area contributed by atoms with Crippen molar-refractivity contribution in [3.05, 3.63) is 98.1 Å². The topological polar surface area (TPSA) is 141 Å². The molecule has 0 atom stereocenters. The maximum Gasteiger partial charge on any atom is 0.373 e. The van der Waals surface area contributed by atoms with Crippen LogP contribution in [0.15, 0.2) is 64.7 Å². The highest BCUT2D eigenvalue weighted by molar-refractivity contribution is 6.30. The quantitative estimate of drug-likeness (QED) is 0.155. The lowest BCUT2D eigenvalue weighted by Crippen LogP contribution is -2.30. The Balaban J connectivity index is 1.57. The molecule has 3 aromatic rings. The number of furan rings is 1. The lowest BCUT2D eigenvalue weighted by Gasteiger charge is -2.10. The van der Waals surface area contributed by atoms with Gasteiger partial charge in [-0.05, 0) is 42.0 Å². The first kappa shape index (κ1) is 24.5. The van der Waals surface area contributed by atoms with Gasteiger partial charge in [-0.2, -0.15) is 0 Å². The Labute approximate surface area is 209 Å². The zero-order valence-electron chi connectivity index (χ0n) is 18.7. The van der Waals surface area contributed by atoms with Crippen LogP contribution in [-0.2, 0) is 22.7 Å². The molecule has 2 aromatic carbocycles. The molecule has 0 bridgehead atoms. The summed E-state index contributed by atoms with van der Waals surface area (Å²) in [6.45, 7) is -0.105. The number of halogens is 1. The summed E-state index contributed by atoms with van der Waals surface area (Å²) in [6.07, 6.45) is 1.30. The number of nitrogens with one attached hydrogen (secondary N) is 1. The standard InChI is InChI=1S/C24H18ClN3O8/c1-34-23(30)21-9-7-18(36-21)12-27-22(29)19(26-24(27)31)11-15-10-17(28(32)33)6-8-20(15)35-13-14-2-4-16(25)5-3-14/h2-11H,12-13H2,1H3,(H,26,31)/b19-11-. The van der Waals surface area contributed by atoms with Crippen molar-refractivity contribution in [1.82, 2.24) is 10.2 Å². The molecule has 11 nitrogen and oxygen atoms in total. The van der Waals surface area contributed by atoms with Gasteiger partial charge in [0.05, 0.1) is 18.6 Å². The Hall–Kier alpha value is -4.64. The minimum absolute atomic E-state index is 0.0746. The van der Waals surface area contributed by atoms with E-state index in [1.165, 1.54) is 43.5 Å². The SMILES string of the molecule is COC(=O)c1ccc(CN2C(=O)N/C(=C\c3cc([N+](=O)[O-])ccc3OCc3ccc(Cl)cc3)C2=O)o1. The van der Waals surface area contributed by atoms with E-state index < -0.39 is 22.8 Å². The number of methoxy groups -OCH3 is 1. The van der Waals surface area contributed by atoms with Gasteiger partial charge >= 0.3 is 12.0 Å². The third-order valence-electron chi connectivity index (χ3n) is 5.14. The minimum atomic E-state index is -0.726. The van der Waals surface area contributed by atoms with Crippen LogP contribution in [0, 0.1) is 10.1 Å². The molecular weight excluding hydrogens is 494 g/mol. The highest BCUT2D eigenvalue weighted by Gasteiger charge is 2.34. The number of nitro benzene ring substituents is 1. The number of benzene rings is 2. The van der Waals surface area contributed by atoms with E-state index in [2.05, 4.69) is 10.1 Å².